The summed E-state index contributed by atoms with van der Waals surface area (Å²) in [7, 11) is 3.49. The highest BCUT2D eigenvalue weighted by Crippen LogP contribution is 2.35. The Hall–Kier alpha value is -2.15. The minimum atomic E-state index is -0.0479. The highest BCUT2D eigenvalue weighted by Gasteiger charge is 2.32. The van der Waals surface area contributed by atoms with Crippen molar-refractivity contribution in [3.63, 3.8) is 0 Å². The van der Waals surface area contributed by atoms with Crippen molar-refractivity contribution in [3.05, 3.63) is 38.8 Å². The second kappa shape index (κ2) is 7.70. The van der Waals surface area contributed by atoms with E-state index < -0.39 is 0 Å². The minimum Gasteiger partial charge on any atom is -0.345 e. The molecule has 1 aliphatic heterocycles. The number of aromatic nitrogens is 2. The van der Waals surface area contributed by atoms with Gasteiger partial charge in [0.2, 0.25) is 0 Å². The van der Waals surface area contributed by atoms with E-state index in [2.05, 4.69) is 22.5 Å². The Morgan fingerprint density at radius 1 is 1.29 bits per heavy atom. The molecule has 0 radical (unpaired) electrons. The molecule has 2 aromatic rings. The van der Waals surface area contributed by atoms with Crippen LogP contribution in [0.15, 0.2) is 11.6 Å². The van der Waals surface area contributed by atoms with Gasteiger partial charge in [0.25, 0.3) is 11.8 Å². The Labute approximate surface area is 169 Å². The lowest BCUT2D eigenvalue weighted by Gasteiger charge is -2.33. The molecule has 2 unspecified atom stereocenters. The number of likely N-dealkylation sites (tertiary alicyclic amines) is 1. The van der Waals surface area contributed by atoms with Crippen molar-refractivity contribution in [1.82, 2.24) is 20.0 Å². The Bertz CT molecular complexity index is 885. The first-order valence-corrected chi connectivity index (χ1v) is 11.0. The average molecular weight is 401 g/mol. The van der Waals surface area contributed by atoms with Gasteiger partial charge in [0, 0.05) is 43.4 Å². The van der Waals surface area contributed by atoms with Crippen molar-refractivity contribution in [3.8, 4) is 0 Å². The van der Waals surface area contributed by atoms with Crippen LogP contribution in [0.5, 0.6) is 0 Å². The van der Waals surface area contributed by atoms with Gasteiger partial charge in [-0.25, -0.2) is 0 Å². The van der Waals surface area contributed by atoms with Crippen molar-refractivity contribution < 1.29 is 9.59 Å². The summed E-state index contributed by atoms with van der Waals surface area (Å²) in [6, 6.07) is 0. The largest absolute Gasteiger partial charge is 0.345 e. The van der Waals surface area contributed by atoms with Crippen molar-refractivity contribution >= 4 is 23.2 Å². The summed E-state index contributed by atoms with van der Waals surface area (Å²) in [5.41, 5.74) is 3.66. The number of hydrogen-bond acceptors (Lipinski definition) is 4. The van der Waals surface area contributed by atoms with E-state index in [0.29, 0.717) is 18.0 Å². The van der Waals surface area contributed by atoms with Crippen LogP contribution >= 0.6 is 11.3 Å². The topological polar surface area (TPSA) is 69.3 Å². The van der Waals surface area contributed by atoms with Gasteiger partial charge in [-0.05, 0) is 43.6 Å². The molecular weight excluding hydrogens is 372 g/mol. The lowest BCUT2D eigenvalue weighted by molar-refractivity contribution is 0.0704. The van der Waals surface area contributed by atoms with Crippen molar-refractivity contribution in [1.29, 1.82) is 0 Å². The van der Waals surface area contributed by atoms with Gasteiger partial charge in [-0.3, -0.25) is 14.7 Å². The van der Waals surface area contributed by atoms with Gasteiger partial charge in [0.1, 0.15) is 0 Å². The van der Waals surface area contributed by atoms with E-state index in [1.807, 2.05) is 4.90 Å². The highest BCUT2D eigenvalue weighted by molar-refractivity contribution is 7.10. The molecule has 2 aliphatic rings. The number of piperidine rings is 1. The van der Waals surface area contributed by atoms with E-state index in [4.69, 9.17) is 0 Å². The van der Waals surface area contributed by atoms with Crippen LogP contribution in [0.3, 0.4) is 0 Å². The molecule has 0 spiro atoms. The lowest BCUT2D eigenvalue weighted by Crippen LogP contribution is -2.40. The monoisotopic (exact) mass is 400 g/mol. The number of fused-ring (bicyclic) bond motifs is 1. The van der Waals surface area contributed by atoms with E-state index in [-0.39, 0.29) is 17.7 Å². The smallest absolute Gasteiger partial charge is 0.256 e. The van der Waals surface area contributed by atoms with Gasteiger partial charge in [0.05, 0.1) is 23.0 Å². The number of H-pyrrole nitrogens is 1. The van der Waals surface area contributed by atoms with Gasteiger partial charge in [-0.2, -0.15) is 5.10 Å². The third-order valence-electron chi connectivity index (χ3n) is 6.05. The Kier molecular flexibility index (Phi) is 5.27. The van der Waals surface area contributed by atoms with Crippen LogP contribution in [0.4, 0.5) is 0 Å². The van der Waals surface area contributed by atoms with E-state index in [9.17, 15) is 9.59 Å². The molecule has 1 fully saturated rings. The van der Waals surface area contributed by atoms with Gasteiger partial charge < -0.3 is 9.80 Å². The minimum absolute atomic E-state index is 0.0479. The summed E-state index contributed by atoms with van der Waals surface area (Å²) in [6.07, 6.45) is 6.78. The van der Waals surface area contributed by atoms with Crippen LogP contribution in [0, 0.1) is 5.92 Å². The number of aromatic amines is 1. The number of thiophene rings is 1. The number of nitrogens with one attached hydrogen (secondary N) is 1. The van der Waals surface area contributed by atoms with Gasteiger partial charge in [0.15, 0.2) is 0 Å². The van der Waals surface area contributed by atoms with Crippen LogP contribution in [0.1, 0.15) is 69.0 Å². The maximum Gasteiger partial charge on any atom is 0.256 e. The number of amides is 2. The van der Waals surface area contributed by atoms with E-state index in [1.165, 1.54) is 10.4 Å². The number of carbonyl (C=O) groups is 2. The van der Waals surface area contributed by atoms with Gasteiger partial charge in [-0.1, -0.05) is 6.92 Å². The zero-order valence-electron chi connectivity index (χ0n) is 16.8. The van der Waals surface area contributed by atoms with E-state index >= 15 is 0 Å². The molecule has 0 bridgehead atoms. The summed E-state index contributed by atoms with van der Waals surface area (Å²) in [4.78, 5) is 30.7. The van der Waals surface area contributed by atoms with Crippen LogP contribution in [0.25, 0.3) is 0 Å². The molecule has 1 N–H and O–H groups in total. The molecule has 4 rings (SSSR count). The van der Waals surface area contributed by atoms with Crippen molar-refractivity contribution in [2.45, 2.75) is 44.9 Å². The predicted molar refractivity (Wildman–Crippen MR) is 110 cm³/mol. The summed E-state index contributed by atoms with van der Waals surface area (Å²) in [6.45, 7) is 3.70. The molecular formula is C21H28N4O2S. The van der Waals surface area contributed by atoms with Gasteiger partial charge in [-0.15, -0.1) is 11.3 Å². The van der Waals surface area contributed by atoms with Crippen molar-refractivity contribution in [2.75, 3.05) is 27.2 Å². The second-order valence-corrected chi connectivity index (χ2v) is 9.35. The quantitative estimate of drug-likeness (QED) is 0.859. The number of rotatable bonds is 3. The second-order valence-electron chi connectivity index (χ2n) is 8.39. The third-order valence-corrected chi connectivity index (χ3v) is 7.11. The van der Waals surface area contributed by atoms with Crippen LogP contribution in [-0.2, 0) is 12.8 Å². The molecule has 2 atom stereocenters. The molecule has 28 heavy (non-hydrogen) atoms. The average Bonchev–Trinajstić information content (AvgIpc) is 3.33. The first kappa shape index (κ1) is 19.2. The van der Waals surface area contributed by atoms with Crippen molar-refractivity contribution in [2.24, 2.45) is 5.92 Å². The molecule has 150 valence electrons. The summed E-state index contributed by atoms with van der Waals surface area (Å²) in [5.74, 6) is 0.931. The maximum atomic E-state index is 13.3. The summed E-state index contributed by atoms with van der Waals surface area (Å²) >= 11 is 1.74. The fourth-order valence-corrected chi connectivity index (χ4v) is 5.68. The van der Waals surface area contributed by atoms with Crippen LogP contribution in [0.2, 0.25) is 0 Å². The molecule has 1 aliphatic carbocycles. The number of hydrogen-bond donors (Lipinski definition) is 1. The first-order chi connectivity index (χ1) is 13.5. The molecule has 3 heterocycles. The Morgan fingerprint density at radius 2 is 2.11 bits per heavy atom. The first-order valence-electron chi connectivity index (χ1n) is 10.1. The van der Waals surface area contributed by atoms with Gasteiger partial charge >= 0.3 is 0 Å². The van der Waals surface area contributed by atoms with Crippen LogP contribution < -0.4 is 0 Å². The zero-order chi connectivity index (χ0) is 19.8. The molecule has 1 saturated heterocycles. The standard InChI is InChI=1S/C21H28N4O2S/c1-13-6-7-15-17(12-28-18(15)9-13)21(27)25-8-4-5-14(11-25)19-16(10-22-23-19)20(26)24(2)3/h10,12-14H,4-9,11H2,1-3H3,(H,22,23). The molecule has 7 heteroatoms. The normalized spacial score (nSPS) is 22.0. The lowest BCUT2D eigenvalue weighted by atomic mass is 9.87. The molecule has 0 saturated carbocycles. The fraction of sp³-hybridized carbons (Fsp3) is 0.571. The summed E-state index contributed by atoms with van der Waals surface area (Å²) in [5, 5.41) is 9.20. The SMILES string of the molecule is CC1CCc2c(C(=O)N3CCCC(c4[nH]ncc4C(=O)N(C)C)C3)csc2C1. The third kappa shape index (κ3) is 3.48. The van der Waals surface area contributed by atoms with E-state index in [0.717, 1.165) is 49.9 Å². The molecule has 6 nitrogen and oxygen atoms in total. The molecule has 0 aromatic carbocycles. The number of nitrogens with zero attached hydrogens (tertiary/aromatic N) is 3. The van der Waals surface area contributed by atoms with E-state index in [1.54, 1.807) is 36.5 Å². The fourth-order valence-electron chi connectivity index (χ4n) is 4.44. The molecule has 2 aromatic heterocycles. The highest BCUT2D eigenvalue weighted by atomic mass is 32.1. The Balaban J connectivity index is 1.53. The van der Waals surface area contributed by atoms with Crippen LogP contribution in [-0.4, -0.2) is 59.0 Å². The summed E-state index contributed by atoms with van der Waals surface area (Å²) < 4.78 is 0. The predicted octanol–water partition coefficient (Wildman–Crippen LogP) is 3.32. The maximum absolute atomic E-state index is 13.3. The Morgan fingerprint density at radius 3 is 2.89 bits per heavy atom. The number of carbonyl (C=O) groups excluding carboxylic acids is 2. The zero-order valence-corrected chi connectivity index (χ0v) is 17.6. The molecule has 2 amide bonds.